The van der Waals surface area contributed by atoms with Gasteiger partial charge in [0.15, 0.2) is 0 Å². The Labute approximate surface area is 151 Å². The summed E-state index contributed by atoms with van der Waals surface area (Å²) in [4.78, 5) is 36.4. The van der Waals surface area contributed by atoms with Crippen molar-refractivity contribution in [3.63, 3.8) is 0 Å². The van der Waals surface area contributed by atoms with Crippen molar-refractivity contribution in [2.75, 3.05) is 12.9 Å². The summed E-state index contributed by atoms with van der Waals surface area (Å²) in [7, 11) is 1.29. The van der Waals surface area contributed by atoms with E-state index in [4.69, 9.17) is 9.47 Å². The van der Waals surface area contributed by atoms with Gasteiger partial charge in [0.1, 0.15) is 18.7 Å². The quantitative estimate of drug-likeness (QED) is 0.612. The van der Waals surface area contributed by atoms with Gasteiger partial charge in [-0.15, -0.1) is 0 Å². The zero-order valence-corrected chi connectivity index (χ0v) is 15.2. The van der Waals surface area contributed by atoms with Gasteiger partial charge < -0.3 is 14.8 Å². The molecular weight excluding hydrogens is 344 g/mol. The summed E-state index contributed by atoms with van der Waals surface area (Å²) in [6.45, 7) is 3.80. The average Bonchev–Trinajstić information content (AvgIpc) is 2.94. The molecule has 2 rings (SSSR count). The van der Waals surface area contributed by atoms with E-state index in [2.05, 4.69) is 5.32 Å². The highest BCUT2D eigenvalue weighted by Crippen LogP contribution is 2.29. The van der Waals surface area contributed by atoms with Gasteiger partial charge in [0.2, 0.25) is 0 Å². The van der Waals surface area contributed by atoms with Crippen LogP contribution in [0.15, 0.2) is 30.3 Å². The number of ether oxygens (including phenoxy) is 2. The molecule has 1 N–H and O–H groups in total. The van der Waals surface area contributed by atoms with Crippen LogP contribution in [-0.4, -0.2) is 47.2 Å². The number of nitrogens with zero attached hydrogens (tertiary/aromatic N) is 1. The molecule has 1 heterocycles. The van der Waals surface area contributed by atoms with E-state index >= 15 is 0 Å². The van der Waals surface area contributed by atoms with Crippen molar-refractivity contribution in [2.45, 2.75) is 32.5 Å². The number of amides is 2. The lowest BCUT2D eigenvalue weighted by atomic mass is 10.0. The first-order valence-corrected chi connectivity index (χ1v) is 8.89. The van der Waals surface area contributed by atoms with E-state index in [1.54, 1.807) is 0 Å². The SMILES string of the molecule is COC(=O)[C@H](C(C)C)N1SC[C@@H](NC(=O)OCc2ccccc2)C1=O. The number of carbonyl (C=O) groups excluding carboxylic acids is 3. The molecule has 8 heteroatoms. The van der Waals surface area contributed by atoms with Gasteiger partial charge in [0.25, 0.3) is 5.91 Å². The van der Waals surface area contributed by atoms with E-state index in [-0.39, 0.29) is 18.4 Å². The van der Waals surface area contributed by atoms with E-state index in [9.17, 15) is 14.4 Å². The van der Waals surface area contributed by atoms with Crippen LogP contribution in [0.2, 0.25) is 0 Å². The van der Waals surface area contributed by atoms with Crippen LogP contribution in [0.5, 0.6) is 0 Å². The monoisotopic (exact) mass is 366 g/mol. The van der Waals surface area contributed by atoms with E-state index in [1.807, 2.05) is 44.2 Å². The highest BCUT2D eigenvalue weighted by molar-refractivity contribution is 7.98. The number of hydrogen-bond acceptors (Lipinski definition) is 6. The van der Waals surface area contributed by atoms with Crippen molar-refractivity contribution in [1.82, 2.24) is 9.62 Å². The second-order valence-corrected chi connectivity index (χ2v) is 6.92. The lowest BCUT2D eigenvalue weighted by Gasteiger charge is -2.27. The minimum atomic E-state index is -0.723. The highest BCUT2D eigenvalue weighted by Gasteiger charge is 2.42. The van der Waals surface area contributed by atoms with Crippen molar-refractivity contribution in [3.8, 4) is 0 Å². The maximum absolute atomic E-state index is 12.5. The van der Waals surface area contributed by atoms with Crippen LogP contribution in [-0.2, 0) is 25.7 Å². The molecule has 25 heavy (non-hydrogen) atoms. The number of alkyl carbamates (subject to hydrolysis) is 1. The largest absolute Gasteiger partial charge is 0.467 e. The summed E-state index contributed by atoms with van der Waals surface area (Å²) in [5.74, 6) is -0.555. The molecular formula is C17H22N2O5S. The van der Waals surface area contributed by atoms with Gasteiger partial charge >= 0.3 is 12.1 Å². The minimum absolute atomic E-state index is 0.104. The molecule has 0 bridgehead atoms. The molecule has 0 unspecified atom stereocenters. The Kier molecular flexibility index (Phi) is 6.69. The fraction of sp³-hybridized carbons (Fsp3) is 0.471. The van der Waals surface area contributed by atoms with Gasteiger partial charge in [0.05, 0.1) is 7.11 Å². The molecule has 0 radical (unpaired) electrons. The number of esters is 1. The van der Waals surface area contributed by atoms with E-state index in [0.717, 1.165) is 5.56 Å². The first-order chi connectivity index (χ1) is 11.9. The molecule has 0 saturated carbocycles. The third-order valence-electron chi connectivity index (χ3n) is 3.73. The Bertz CT molecular complexity index is 623. The molecule has 1 saturated heterocycles. The first kappa shape index (κ1) is 19.1. The predicted molar refractivity (Wildman–Crippen MR) is 93.5 cm³/mol. The summed E-state index contributed by atoms with van der Waals surface area (Å²) in [6.07, 6.45) is -0.663. The summed E-state index contributed by atoms with van der Waals surface area (Å²) >= 11 is 1.21. The summed E-state index contributed by atoms with van der Waals surface area (Å²) < 4.78 is 11.3. The van der Waals surface area contributed by atoms with Crippen molar-refractivity contribution < 1.29 is 23.9 Å². The molecule has 0 aliphatic carbocycles. The summed E-state index contributed by atoms with van der Waals surface area (Å²) in [6, 6.07) is 7.85. The lowest BCUT2D eigenvalue weighted by Crippen LogP contribution is -2.48. The Morgan fingerprint density at radius 2 is 2.00 bits per heavy atom. The van der Waals surface area contributed by atoms with Crippen molar-refractivity contribution >= 4 is 29.9 Å². The molecule has 1 aromatic carbocycles. The standard InChI is InChI=1S/C17H22N2O5S/c1-11(2)14(16(21)23-3)19-15(20)13(10-25-19)18-17(22)24-9-12-7-5-4-6-8-12/h4-8,11,13-14H,9-10H2,1-3H3,(H,18,22)/t13-,14+/m1/s1. The molecule has 136 valence electrons. The number of carbonyl (C=O) groups is 3. The predicted octanol–water partition coefficient (Wildman–Crippen LogP) is 1.97. The fourth-order valence-electron chi connectivity index (χ4n) is 2.43. The van der Waals surface area contributed by atoms with Crippen molar-refractivity contribution in [3.05, 3.63) is 35.9 Å². The molecule has 1 aliphatic heterocycles. The number of benzene rings is 1. The van der Waals surface area contributed by atoms with Gasteiger partial charge in [0, 0.05) is 5.75 Å². The average molecular weight is 366 g/mol. The van der Waals surface area contributed by atoms with Gasteiger partial charge in [-0.3, -0.25) is 9.10 Å². The van der Waals surface area contributed by atoms with E-state index < -0.39 is 24.1 Å². The molecule has 1 aromatic rings. The Hall–Kier alpha value is -2.22. The lowest BCUT2D eigenvalue weighted by molar-refractivity contribution is -0.150. The Morgan fingerprint density at radius 3 is 2.60 bits per heavy atom. The van der Waals surface area contributed by atoms with E-state index in [1.165, 1.54) is 23.4 Å². The topological polar surface area (TPSA) is 84.9 Å². The molecule has 1 aliphatic rings. The van der Waals surface area contributed by atoms with Gasteiger partial charge in [-0.05, 0) is 23.4 Å². The number of methoxy groups -OCH3 is 1. The number of rotatable bonds is 6. The van der Waals surface area contributed by atoms with Gasteiger partial charge in [-0.1, -0.05) is 44.2 Å². The third kappa shape index (κ3) is 4.88. The fourth-order valence-corrected chi connectivity index (χ4v) is 3.71. The molecule has 2 atom stereocenters. The van der Waals surface area contributed by atoms with Crippen molar-refractivity contribution in [1.29, 1.82) is 0 Å². The van der Waals surface area contributed by atoms with E-state index in [0.29, 0.717) is 5.75 Å². The smallest absolute Gasteiger partial charge is 0.408 e. The Morgan fingerprint density at radius 1 is 1.32 bits per heavy atom. The molecule has 2 amide bonds. The molecule has 7 nitrogen and oxygen atoms in total. The number of nitrogens with one attached hydrogen (secondary N) is 1. The Balaban J connectivity index is 1.90. The molecule has 1 fully saturated rings. The minimum Gasteiger partial charge on any atom is -0.467 e. The number of hydrogen-bond donors (Lipinski definition) is 1. The second-order valence-electron chi connectivity index (χ2n) is 5.93. The van der Waals surface area contributed by atoms with Crippen LogP contribution < -0.4 is 5.32 Å². The highest BCUT2D eigenvalue weighted by atomic mass is 32.2. The maximum atomic E-state index is 12.5. The summed E-state index contributed by atoms with van der Waals surface area (Å²) in [5.41, 5.74) is 0.858. The van der Waals surface area contributed by atoms with Crippen LogP contribution in [0.4, 0.5) is 4.79 Å². The zero-order valence-electron chi connectivity index (χ0n) is 14.4. The van der Waals surface area contributed by atoms with Gasteiger partial charge in [-0.2, -0.15) is 0 Å². The van der Waals surface area contributed by atoms with Crippen LogP contribution in [0.25, 0.3) is 0 Å². The maximum Gasteiger partial charge on any atom is 0.408 e. The normalized spacial score (nSPS) is 18.2. The third-order valence-corrected chi connectivity index (χ3v) is 4.89. The van der Waals surface area contributed by atoms with Crippen molar-refractivity contribution in [2.24, 2.45) is 5.92 Å². The van der Waals surface area contributed by atoms with Crippen LogP contribution in [0.3, 0.4) is 0 Å². The summed E-state index contributed by atoms with van der Waals surface area (Å²) in [5, 5.41) is 2.55. The molecule has 0 aromatic heterocycles. The van der Waals surface area contributed by atoms with Crippen LogP contribution in [0, 0.1) is 5.92 Å². The zero-order chi connectivity index (χ0) is 18.4. The first-order valence-electron chi connectivity index (χ1n) is 7.95. The second kappa shape index (κ2) is 8.75. The molecule has 0 spiro atoms. The van der Waals surface area contributed by atoms with Gasteiger partial charge in [-0.25, -0.2) is 9.59 Å². The van der Waals surface area contributed by atoms with Crippen LogP contribution in [0.1, 0.15) is 19.4 Å². The van der Waals surface area contributed by atoms with Crippen LogP contribution >= 0.6 is 11.9 Å².